The maximum Gasteiger partial charge on any atom is 0.165 e. The second-order valence-electron chi connectivity index (χ2n) is 6.36. The number of aromatic nitrogens is 4. The lowest BCUT2D eigenvalue weighted by atomic mass is 10.1. The average Bonchev–Trinajstić information content (AvgIpc) is 3.16. The molecule has 1 saturated heterocycles. The summed E-state index contributed by atoms with van der Waals surface area (Å²) in [5.74, 6) is 0.856. The van der Waals surface area contributed by atoms with Crippen molar-refractivity contribution in [2.24, 2.45) is 0 Å². The quantitative estimate of drug-likeness (QED) is 0.745. The van der Waals surface area contributed by atoms with Crippen molar-refractivity contribution in [1.82, 2.24) is 24.4 Å². The second kappa shape index (κ2) is 5.88. The number of rotatable bonds is 5. The van der Waals surface area contributed by atoms with Crippen LogP contribution in [0.1, 0.15) is 11.7 Å². The molecule has 126 valence electrons. The molecule has 0 aliphatic carbocycles. The molecule has 0 bridgehead atoms. The van der Waals surface area contributed by atoms with Gasteiger partial charge in [-0.2, -0.15) is 0 Å². The molecule has 0 saturated carbocycles. The number of furan rings is 1. The number of aliphatic hydroxyl groups is 1. The van der Waals surface area contributed by atoms with Gasteiger partial charge in [0.2, 0.25) is 0 Å². The van der Waals surface area contributed by atoms with Gasteiger partial charge < -0.3 is 23.9 Å². The Morgan fingerprint density at radius 3 is 2.88 bits per heavy atom. The van der Waals surface area contributed by atoms with E-state index in [-0.39, 0.29) is 0 Å². The maximum absolute atomic E-state index is 10.3. The van der Waals surface area contributed by atoms with Crippen LogP contribution in [0.15, 0.2) is 35.7 Å². The average molecular weight is 328 g/mol. The molecular formula is C16H20N6O2. The second-order valence-corrected chi connectivity index (χ2v) is 6.36. The van der Waals surface area contributed by atoms with Crippen LogP contribution >= 0.6 is 0 Å². The molecule has 4 rings (SSSR count). The molecule has 0 aromatic carbocycles. The van der Waals surface area contributed by atoms with Gasteiger partial charge in [0.25, 0.3) is 0 Å². The third kappa shape index (κ3) is 2.53. The first-order valence-electron chi connectivity index (χ1n) is 7.91. The van der Waals surface area contributed by atoms with E-state index in [1.54, 1.807) is 31.2 Å². The standard InChI is InChI=1S/C16H20N6O2/c1-20(2)12-5-21(6-12)15-14-16(18-9-17-15)22(10-19-14)7-13(23)11-3-4-24-8-11/h3-4,8-10,12-13,23H,5-7H2,1-2H3. The van der Waals surface area contributed by atoms with Crippen LogP contribution in [0.3, 0.4) is 0 Å². The van der Waals surface area contributed by atoms with E-state index in [1.807, 2.05) is 4.57 Å². The van der Waals surface area contributed by atoms with E-state index in [2.05, 4.69) is 38.8 Å². The third-order valence-electron chi connectivity index (χ3n) is 4.57. The van der Waals surface area contributed by atoms with Gasteiger partial charge in [0, 0.05) is 24.7 Å². The Bertz CT molecular complexity index is 822. The Morgan fingerprint density at radius 2 is 2.17 bits per heavy atom. The molecular weight excluding hydrogens is 308 g/mol. The molecule has 4 heterocycles. The zero-order valence-electron chi connectivity index (χ0n) is 13.7. The van der Waals surface area contributed by atoms with Crippen LogP contribution in [-0.4, -0.2) is 62.8 Å². The fourth-order valence-electron chi connectivity index (χ4n) is 2.94. The van der Waals surface area contributed by atoms with E-state index in [1.165, 1.54) is 0 Å². The van der Waals surface area contributed by atoms with Crippen LogP contribution in [0.25, 0.3) is 11.2 Å². The van der Waals surface area contributed by atoms with Crippen molar-refractivity contribution in [3.63, 3.8) is 0 Å². The van der Waals surface area contributed by atoms with Gasteiger partial charge in [-0.25, -0.2) is 15.0 Å². The first-order valence-corrected chi connectivity index (χ1v) is 7.91. The van der Waals surface area contributed by atoms with Gasteiger partial charge >= 0.3 is 0 Å². The molecule has 1 atom stereocenters. The van der Waals surface area contributed by atoms with Gasteiger partial charge in [-0.05, 0) is 20.2 Å². The summed E-state index contributed by atoms with van der Waals surface area (Å²) >= 11 is 0. The van der Waals surface area contributed by atoms with Crippen molar-refractivity contribution in [3.05, 3.63) is 36.8 Å². The number of nitrogens with zero attached hydrogens (tertiary/aromatic N) is 6. The summed E-state index contributed by atoms with van der Waals surface area (Å²) in [6, 6.07) is 2.30. The van der Waals surface area contributed by atoms with E-state index < -0.39 is 6.10 Å². The zero-order valence-corrected chi connectivity index (χ0v) is 13.7. The number of imidazole rings is 1. The summed E-state index contributed by atoms with van der Waals surface area (Å²) < 4.78 is 6.87. The Hall–Kier alpha value is -2.45. The predicted molar refractivity (Wildman–Crippen MR) is 88.7 cm³/mol. The summed E-state index contributed by atoms with van der Waals surface area (Å²) in [4.78, 5) is 17.7. The van der Waals surface area contributed by atoms with Crippen molar-refractivity contribution < 1.29 is 9.52 Å². The van der Waals surface area contributed by atoms with Gasteiger partial charge in [0.15, 0.2) is 17.0 Å². The Balaban J connectivity index is 1.58. The fourth-order valence-corrected chi connectivity index (χ4v) is 2.94. The van der Waals surface area contributed by atoms with Crippen LogP contribution < -0.4 is 4.90 Å². The molecule has 1 fully saturated rings. The number of anilines is 1. The minimum absolute atomic E-state index is 0.368. The highest BCUT2D eigenvalue weighted by molar-refractivity contribution is 5.83. The molecule has 3 aromatic rings. The molecule has 0 amide bonds. The van der Waals surface area contributed by atoms with Crippen LogP contribution in [-0.2, 0) is 6.54 Å². The van der Waals surface area contributed by atoms with Crippen LogP contribution in [0.5, 0.6) is 0 Å². The number of hydrogen-bond donors (Lipinski definition) is 1. The molecule has 0 spiro atoms. The molecule has 8 heteroatoms. The molecule has 1 aliphatic rings. The lowest BCUT2D eigenvalue weighted by Crippen LogP contribution is -2.57. The van der Waals surface area contributed by atoms with Gasteiger partial charge in [0.1, 0.15) is 12.4 Å². The Morgan fingerprint density at radius 1 is 1.33 bits per heavy atom. The van der Waals surface area contributed by atoms with Crippen molar-refractivity contribution in [2.45, 2.75) is 18.7 Å². The summed E-state index contributed by atoms with van der Waals surface area (Å²) in [6.45, 7) is 2.24. The summed E-state index contributed by atoms with van der Waals surface area (Å²) in [5.41, 5.74) is 2.24. The lowest BCUT2D eigenvalue weighted by Gasteiger charge is -2.43. The fraction of sp³-hybridized carbons (Fsp3) is 0.438. The Labute approximate surface area is 139 Å². The monoisotopic (exact) mass is 328 g/mol. The van der Waals surface area contributed by atoms with E-state index in [9.17, 15) is 5.11 Å². The molecule has 1 N–H and O–H groups in total. The number of hydrogen-bond acceptors (Lipinski definition) is 7. The lowest BCUT2D eigenvalue weighted by molar-refractivity contribution is 0.157. The summed E-state index contributed by atoms with van der Waals surface area (Å²) in [7, 11) is 4.17. The molecule has 0 radical (unpaired) electrons. The predicted octanol–water partition coefficient (Wildman–Crippen LogP) is 0.903. The van der Waals surface area contributed by atoms with Crippen molar-refractivity contribution in [2.75, 3.05) is 32.1 Å². The SMILES string of the molecule is CN(C)C1CN(c2ncnc3c2ncn3CC(O)c2ccoc2)C1. The van der Waals surface area contributed by atoms with Crippen molar-refractivity contribution in [3.8, 4) is 0 Å². The highest BCUT2D eigenvalue weighted by Crippen LogP contribution is 2.27. The van der Waals surface area contributed by atoms with Gasteiger partial charge in [-0.3, -0.25) is 0 Å². The minimum atomic E-state index is -0.665. The van der Waals surface area contributed by atoms with Crippen LogP contribution in [0.4, 0.5) is 5.82 Å². The van der Waals surface area contributed by atoms with E-state index >= 15 is 0 Å². The van der Waals surface area contributed by atoms with Crippen LogP contribution in [0, 0.1) is 0 Å². The van der Waals surface area contributed by atoms with E-state index in [0.717, 1.165) is 35.6 Å². The highest BCUT2D eigenvalue weighted by atomic mass is 16.3. The molecule has 1 aliphatic heterocycles. The van der Waals surface area contributed by atoms with Gasteiger partial charge in [-0.1, -0.05) is 0 Å². The van der Waals surface area contributed by atoms with Gasteiger partial charge in [-0.15, -0.1) is 0 Å². The molecule has 3 aromatic heterocycles. The number of likely N-dealkylation sites (N-methyl/N-ethyl adjacent to an activating group) is 1. The molecule has 1 unspecified atom stereocenters. The van der Waals surface area contributed by atoms with E-state index in [0.29, 0.717) is 12.6 Å². The number of fused-ring (bicyclic) bond motifs is 1. The first kappa shape index (κ1) is 15.1. The molecule has 8 nitrogen and oxygen atoms in total. The maximum atomic E-state index is 10.3. The molecule has 24 heavy (non-hydrogen) atoms. The van der Waals surface area contributed by atoms with Gasteiger partial charge in [0.05, 0.1) is 25.4 Å². The largest absolute Gasteiger partial charge is 0.472 e. The van der Waals surface area contributed by atoms with Crippen molar-refractivity contribution in [1.29, 1.82) is 0 Å². The van der Waals surface area contributed by atoms with Crippen LogP contribution in [0.2, 0.25) is 0 Å². The first-order chi connectivity index (χ1) is 11.6. The van der Waals surface area contributed by atoms with Crippen molar-refractivity contribution >= 4 is 17.0 Å². The number of aliphatic hydroxyl groups excluding tert-OH is 1. The third-order valence-corrected chi connectivity index (χ3v) is 4.57. The summed E-state index contributed by atoms with van der Waals surface area (Å²) in [5, 5.41) is 10.3. The van der Waals surface area contributed by atoms with E-state index in [4.69, 9.17) is 4.42 Å². The smallest absolute Gasteiger partial charge is 0.165 e. The summed E-state index contributed by atoms with van der Waals surface area (Å²) in [6.07, 6.45) is 5.70. The normalized spacial score (nSPS) is 16.8. The Kier molecular flexibility index (Phi) is 3.70. The topological polar surface area (TPSA) is 83.5 Å². The minimum Gasteiger partial charge on any atom is -0.472 e. The zero-order chi connectivity index (χ0) is 16.7. The highest BCUT2D eigenvalue weighted by Gasteiger charge is 2.31.